The molecule has 2 aromatic rings. The number of hydrogen-bond acceptors (Lipinski definition) is 1. The van der Waals surface area contributed by atoms with E-state index < -0.39 is 0 Å². The lowest BCUT2D eigenvalue weighted by Crippen LogP contribution is -1.74. The molecule has 0 saturated heterocycles. The molecule has 1 aromatic heterocycles. The highest BCUT2D eigenvalue weighted by Gasteiger charge is 2.07. The van der Waals surface area contributed by atoms with Crippen LogP contribution in [0.25, 0.3) is 14.6 Å². The lowest BCUT2D eigenvalue weighted by Gasteiger charge is -1.97. The number of rotatable bonds is 1. The summed E-state index contributed by atoms with van der Waals surface area (Å²) >= 11 is 8.66. The van der Waals surface area contributed by atoms with Gasteiger partial charge in [0, 0.05) is 25.5 Å². The van der Waals surface area contributed by atoms with Crippen molar-refractivity contribution in [2.75, 3.05) is 0 Å². The molecule has 0 aliphatic carbocycles. The highest BCUT2D eigenvalue weighted by atomic mass is 79.9. The van der Waals surface area contributed by atoms with Crippen molar-refractivity contribution in [3.8, 4) is 0 Å². The average molecular weight is 332 g/mol. The molecule has 0 N–H and O–H groups in total. The van der Waals surface area contributed by atoms with Gasteiger partial charge in [-0.25, -0.2) is 0 Å². The Morgan fingerprint density at radius 3 is 2.93 bits per heavy atom. The van der Waals surface area contributed by atoms with E-state index in [0.717, 1.165) is 4.48 Å². The van der Waals surface area contributed by atoms with Crippen molar-refractivity contribution in [2.24, 2.45) is 0 Å². The molecule has 1 aromatic carbocycles. The zero-order valence-corrected chi connectivity index (χ0v) is 11.5. The van der Waals surface area contributed by atoms with Gasteiger partial charge in [0.2, 0.25) is 0 Å². The summed E-state index contributed by atoms with van der Waals surface area (Å²) < 4.78 is 2.46. The van der Waals surface area contributed by atoms with E-state index in [0.29, 0.717) is 0 Å². The molecule has 1 heterocycles. The van der Waals surface area contributed by atoms with Gasteiger partial charge in [0.25, 0.3) is 0 Å². The molecule has 0 spiro atoms. The van der Waals surface area contributed by atoms with Crippen molar-refractivity contribution in [3.05, 3.63) is 39.7 Å². The minimum Gasteiger partial charge on any atom is -0.143 e. The number of benzene rings is 1. The monoisotopic (exact) mass is 330 g/mol. The molecule has 2 rings (SSSR count). The van der Waals surface area contributed by atoms with Crippen molar-refractivity contribution < 1.29 is 0 Å². The molecule has 0 bridgehead atoms. The largest absolute Gasteiger partial charge is 0.143 e. The smallest absolute Gasteiger partial charge is 0.0378 e. The van der Waals surface area contributed by atoms with Crippen molar-refractivity contribution in [3.63, 3.8) is 0 Å². The summed E-state index contributed by atoms with van der Waals surface area (Å²) in [5.41, 5.74) is 2.60. The maximum absolute atomic E-state index is 3.53. The summed E-state index contributed by atoms with van der Waals surface area (Å²) in [6, 6.07) is 6.41. The van der Waals surface area contributed by atoms with Gasteiger partial charge in [0.15, 0.2) is 0 Å². The minimum atomic E-state index is 1.09. The van der Waals surface area contributed by atoms with Gasteiger partial charge in [0.05, 0.1) is 0 Å². The second-order valence-electron chi connectivity index (χ2n) is 3.06. The van der Waals surface area contributed by atoms with Crippen LogP contribution in [0.4, 0.5) is 0 Å². The van der Waals surface area contributed by atoms with E-state index in [2.05, 4.69) is 62.4 Å². The summed E-state index contributed by atoms with van der Waals surface area (Å²) in [4.78, 5) is 1.90. The predicted molar refractivity (Wildman–Crippen MR) is 72.4 cm³/mol. The Bertz CT molecular complexity index is 497. The van der Waals surface area contributed by atoms with Gasteiger partial charge in [-0.2, -0.15) is 0 Å². The fraction of sp³-hybridized carbons (Fsp3) is 0.0909. The molecule has 14 heavy (non-hydrogen) atoms. The van der Waals surface area contributed by atoms with E-state index >= 15 is 0 Å². The van der Waals surface area contributed by atoms with Crippen LogP contribution in [-0.2, 0) is 0 Å². The van der Waals surface area contributed by atoms with Crippen LogP contribution >= 0.6 is 43.2 Å². The standard InChI is InChI=1S/C11H8Br2S/c1-7-3-2-4-8-9(10(13)5-12)6-14-11(7)8/h2-6H,1H3/b10-5-. The number of hydrogen-bond donors (Lipinski definition) is 0. The molecular weight excluding hydrogens is 324 g/mol. The second-order valence-corrected chi connectivity index (χ2v) is 5.25. The van der Waals surface area contributed by atoms with Crippen LogP contribution in [0.1, 0.15) is 11.1 Å². The van der Waals surface area contributed by atoms with Gasteiger partial charge in [0.1, 0.15) is 0 Å². The third-order valence-corrected chi connectivity index (χ3v) is 5.01. The van der Waals surface area contributed by atoms with Gasteiger partial charge in [-0.3, -0.25) is 0 Å². The SMILES string of the molecule is Cc1cccc2c(/C(Br)=C/Br)csc12. The lowest BCUT2D eigenvalue weighted by molar-refractivity contribution is 1.56. The summed E-state index contributed by atoms with van der Waals surface area (Å²) in [7, 11) is 0. The quantitative estimate of drug-likeness (QED) is 0.665. The Labute approximate surface area is 104 Å². The molecule has 0 radical (unpaired) electrons. The molecule has 72 valence electrons. The Balaban J connectivity index is 2.76. The third-order valence-electron chi connectivity index (χ3n) is 2.15. The van der Waals surface area contributed by atoms with E-state index in [1.165, 1.54) is 21.2 Å². The third kappa shape index (κ3) is 1.69. The van der Waals surface area contributed by atoms with Crippen LogP contribution < -0.4 is 0 Å². The van der Waals surface area contributed by atoms with Gasteiger partial charge in [-0.15, -0.1) is 11.3 Å². The van der Waals surface area contributed by atoms with Crippen LogP contribution in [0.5, 0.6) is 0 Å². The van der Waals surface area contributed by atoms with Crippen molar-refractivity contribution in [1.29, 1.82) is 0 Å². The van der Waals surface area contributed by atoms with Crippen molar-refractivity contribution >= 4 is 57.8 Å². The van der Waals surface area contributed by atoms with E-state index in [4.69, 9.17) is 0 Å². The summed E-state index contributed by atoms with van der Waals surface area (Å²) in [6.45, 7) is 2.15. The first-order chi connectivity index (χ1) is 6.74. The predicted octanol–water partition coefficient (Wildman–Crippen LogP) is 5.30. The highest BCUT2D eigenvalue weighted by Crippen LogP contribution is 2.35. The normalized spacial score (nSPS) is 12.4. The molecule has 3 heteroatoms. The van der Waals surface area contributed by atoms with Gasteiger partial charge in [-0.05, 0) is 33.4 Å². The number of fused-ring (bicyclic) bond motifs is 1. The van der Waals surface area contributed by atoms with Gasteiger partial charge in [-0.1, -0.05) is 34.1 Å². The topological polar surface area (TPSA) is 0 Å². The van der Waals surface area contributed by atoms with E-state index in [1.54, 1.807) is 11.3 Å². The minimum absolute atomic E-state index is 1.09. The summed E-state index contributed by atoms with van der Waals surface area (Å²) in [5, 5.41) is 3.50. The fourth-order valence-electron chi connectivity index (χ4n) is 1.45. The second kappa shape index (κ2) is 4.17. The Morgan fingerprint density at radius 1 is 1.43 bits per heavy atom. The molecule has 0 amide bonds. The van der Waals surface area contributed by atoms with Crippen LogP contribution in [0, 0.1) is 6.92 Å². The lowest BCUT2D eigenvalue weighted by atomic mass is 10.1. The van der Waals surface area contributed by atoms with E-state index in [1.807, 2.05) is 4.99 Å². The first-order valence-corrected chi connectivity index (χ1v) is 6.76. The molecule has 0 unspecified atom stereocenters. The number of thiophene rings is 1. The van der Waals surface area contributed by atoms with Crippen LogP contribution in [0.2, 0.25) is 0 Å². The van der Waals surface area contributed by atoms with Gasteiger partial charge < -0.3 is 0 Å². The molecule has 0 fully saturated rings. The summed E-state index contributed by atoms with van der Waals surface area (Å²) in [5.74, 6) is 0. The molecule has 0 nitrogen and oxygen atoms in total. The Kier molecular flexibility index (Phi) is 3.10. The Morgan fingerprint density at radius 2 is 2.21 bits per heavy atom. The van der Waals surface area contributed by atoms with Crippen LogP contribution in [-0.4, -0.2) is 0 Å². The molecule has 0 saturated carbocycles. The van der Waals surface area contributed by atoms with Crippen LogP contribution in [0.3, 0.4) is 0 Å². The van der Waals surface area contributed by atoms with E-state index in [9.17, 15) is 0 Å². The average Bonchev–Trinajstić information content (AvgIpc) is 2.62. The Hall–Kier alpha value is -0.120. The first-order valence-electron chi connectivity index (χ1n) is 4.17. The molecular formula is C11H8Br2S. The van der Waals surface area contributed by atoms with Crippen LogP contribution in [0.15, 0.2) is 28.6 Å². The van der Waals surface area contributed by atoms with Gasteiger partial charge >= 0.3 is 0 Å². The first kappa shape index (κ1) is 10.4. The number of aryl methyl sites for hydroxylation is 1. The number of halogens is 2. The van der Waals surface area contributed by atoms with E-state index in [-0.39, 0.29) is 0 Å². The molecule has 0 aliphatic heterocycles. The zero-order valence-electron chi connectivity index (χ0n) is 7.55. The maximum atomic E-state index is 3.53. The summed E-state index contributed by atoms with van der Waals surface area (Å²) in [6.07, 6.45) is 0. The molecule has 0 atom stereocenters. The highest BCUT2D eigenvalue weighted by molar-refractivity contribution is 9.16. The maximum Gasteiger partial charge on any atom is 0.0378 e. The zero-order chi connectivity index (χ0) is 10.1. The van der Waals surface area contributed by atoms with Crippen molar-refractivity contribution in [1.82, 2.24) is 0 Å². The fourth-order valence-corrected chi connectivity index (χ4v) is 3.22. The molecule has 0 aliphatic rings. The van der Waals surface area contributed by atoms with Crippen molar-refractivity contribution in [2.45, 2.75) is 6.92 Å².